The summed E-state index contributed by atoms with van der Waals surface area (Å²) in [6.07, 6.45) is 3.51. The fraction of sp³-hybridized carbons (Fsp3) is 0.600. The van der Waals surface area contributed by atoms with Crippen LogP contribution in [-0.2, 0) is 0 Å². The molecule has 1 saturated heterocycles. The van der Waals surface area contributed by atoms with Crippen LogP contribution in [-0.4, -0.2) is 42.7 Å². The van der Waals surface area contributed by atoms with Crippen molar-refractivity contribution in [3.63, 3.8) is 0 Å². The maximum atomic E-state index is 10.8. The number of likely N-dealkylation sites (tertiary alicyclic amines) is 1. The zero-order valence-corrected chi connectivity index (χ0v) is 12.6. The van der Waals surface area contributed by atoms with Crippen LogP contribution >= 0.6 is 0 Å². The van der Waals surface area contributed by atoms with Gasteiger partial charge in [-0.25, -0.2) is 0 Å². The Morgan fingerprint density at radius 2 is 2.29 bits per heavy atom. The number of rotatable bonds is 7. The first-order valence-electron chi connectivity index (χ1n) is 7.31. The quantitative estimate of drug-likeness (QED) is 0.439. The molecule has 116 valence electrons. The van der Waals surface area contributed by atoms with E-state index in [4.69, 9.17) is 9.47 Å². The van der Waals surface area contributed by atoms with Crippen molar-refractivity contribution in [1.29, 1.82) is 0 Å². The Morgan fingerprint density at radius 1 is 1.48 bits per heavy atom. The lowest BCUT2D eigenvalue weighted by molar-refractivity contribution is -0.385. The van der Waals surface area contributed by atoms with Gasteiger partial charge in [-0.1, -0.05) is 0 Å². The Balaban J connectivity index is 1.81. The number of nitro benzene ring substituents is 1. The van der Waals surface area contributed by atoms with Crippen molar-refractivity contribution in [3.05, 3.63) is 28.3 Å². The molecule has 0 radical (unpaired) electrons. The normalized spacial score (nSPS) is 18.7. The third-order valence-electron chi connectivity index (χ3n) is 3.90. The van der Waals surface area contributed by atoms with E-state index < -0.39 is 4.92 Å². The maximum Gasteiger partial charge on any atom is 0.311 e. The molecule has 1 atom stereocenters. The number of benzene rings is 1. The van der Waals surface area contributed by atoms with Gasteiger partial charge in [0.15, 0.2) is 0 Å². The van der Waals surface area contributed by atoms with Crippen LogP contribution in [0.1, 0.15) is 26.2 Å². The van der Waals surface area contributed by atoms with E-state index in [-0.39, 0.29) is 11.4 Å². The van der Waals surface area contributed by atoms with Gasteiger partial charge in [-0.15, -0.1) is 0 Å². The number of ether oxygens (including phenoxy) is 2. The molecule has 0 unspecified atom stereocenters. The molecule has 0 N–H and O–H groups in total. The summed E-state index contributed by atoms with van der Waals surface area (Å²) in [6, 6.07) is 5.26. The summed E-state index contributed by atoms with van der Waals surface area (Å²) < 4.78 is 10.7. The van der Waals surface area contributed by atoms with Crippen LogP contribution in [0, 0.1) is 10.1 Å². The summed E-state index contributed by atoms with van der Waals surface area (Å²) in [6.45, 7) is 5.07. The Morgan fingerprint density at radius 3 is 2.90 bits per heavy atom. The first-order valence-corrected chi connectivity index (χ1v) is 7.31. The van der Waals surface area contributed by atoms with E-state index in [2.05, 4.69) is 11.8 Å². The molecule has 1 heterocycles. The van der Waals surface area contributed by atoms with Crippen molar-refractivity contribution in [1.82, 2.24) is 4.90 Å². The van der Waals surface area contributed by atoms with Crippen LogP contribution < -0.4 is 9.47 Å². The van der Waals surface area contributed by atoms with Crippen LogP contribution in [0.5, 0.6) is 11.5 Å². The lowest BCUT2D eigenvalue weighted by Gasteiger charge is -2.20. The minimum atomic E-state index is -0.461. The third kappa shape index (κ3) is 4.07. The molecule has 0 spiro atoms. The second-order valence-electron chi connectivity index (χ2n) is 5.32. The van der Waals surface area contributed by atoms with Crippen LogP contribution in [0.15, 0.2) is 18.2 Å². The summed E-state index contributed by atoms with van der Waals surface area (Å²) in [5.41, 5.74) is -0.0456. The fourth-order valence-corrected chi connectivity index (χ4v) is 2.68. The van der Waals surface area contributed by atoms with E-state index in [0.29, 0.717) is 18.4 Å². The molecule has 6 heteroatoms. The van der Waals surface area contributed by atoms with Gasteiger partial charge in [0.05, 0.1) is 18.6 Å². The van der Waals surface area contributed by atoms with Crippen LogP contribution in [0.3, 0.4) is 0 Å². The molecule has 0 amide bonds. The van der Waals surface area contributed by atoms with Gasteiger partial charge in [-0.2, -0.15) is 0 Å². The van der Waals surface area contributed by atoms with Gasteiger partial charge in [0.1, 0.15) is 5.75 Å². The number of nitrogens with zero attached hydrogens (tertiary/aromatic N) is 2. The first kappa shape index (κ1) is 15.6. The van der Waals surface area contributed by atoms with Crippen molar-refractivity contribution >= 4 is 5.69 Å². The molecular weight excluding hydrogens is 272 g/mol. The highest BCUT2D eigenvalue weighted by Gasteiger charge is 2.19. The predicted octanol–water partition coefficient (Wildman–Crippen LogP) is 2.86. The molecule has 0 saturated carbocycles. The van der Waals surface area contributed by atoms with E-state index >= 15 is 0 Å². The standard InChI is InChI=1S/C15H22N2O4/c1-12-5-3-8-16(12)9-4-10-21-13-6-7-14(17(18)19)15(11-13)20-2/h6-7,11-12H,3-5,8-10H2,1-2H3/t12-/m0/s1. The molecule has 0 aliphatic carbocycles. The molecule has 6 nitrogen and oxygen atoms in total. The van der Waals surface area contributed by atoms with Gasteiger partial charge >= 0.3 is 5.69 Å². The molecule has 1 aliphatic rings. The molecular formula is C15H22N2O4. The van der Waals surface area contributed by atoms with E-state index in [1.54, 1.807) is 12.1 Å². The van der Waals surface area contributed by atoms with Crippen molar-refractivity contribution in [2.24, 2.45) is 0 Å². The van der Waals surface area contributed by atoms with E-state index in [1.807, 2.05) is 0 Å². The second-order valence-corrected chi connectivity index (χ2v) is 5.32. The lowest BCUT2D eigenvalue weighted by Crippen LogP contribution is -2.28. The number of hydrogen-bond donors (Lipinski definition) is 0. The molecule has 1 aromatic carbocycles. The smallest absolute Gasteiger partial charge is 0.311 e. The maximum absolute atomic E-state index is 10.8. The van der Waals surface area contributed by atoms with Crippen molar-refractivity contribution in [2.75, 3.05) is 26.8 Å². The average Bonchev–Trinajstić information content (AvgIpc) is 2.88. The zero-order valence-electron chi connectivity index (χ0n) is 12.6. The van der Waals surface area contributed by atoms with Gasteiger partial charge in [0.25, 0.3) is 0 Å². The Kier molecular flexibility index (Phi) is 5.38. The number of methoxy groups -OCH3 is 1. The van der Waals surface area contributed by atoms with Gasteiger partial charge in [0.2, 0.25) is 5.75 Å². The zero-order chi connectivity index (χ0) is 15.2. The predicted molar refractivity (Wildman–Crippen MR) is 80.0 cm³/mol. The summed E-state index contributed by atoms with van der Waals surface area (Å²) in [5.74, 6) is 0.831. The van der Waals surface area contributed by atoms with E-state index in [1.165, 1.54) is 32.6 Å². The molecule has 1 fully saturated rings. The Bertz CT molecular complexity index is 493. The molecule has 0 bridgehead atoms. The second kappa shape index (κ2) is 7.26. The largest absolute Gasteiger partial charge is 0.493 e. The molecule has 0 aromatic heterocycles. The first-order chi connectivity index (χ1) is 10.1. The molecule has 2 rings (SSSR count). The van der Waals surface area contributed by atoms with Gasteiger partial charge < -0.3 is 14.4 Å². The van der Waals surface area contributed by atoms with Gasteiger partial charge in [0, 0.05) is 24.7 Å². The summed E-state index contributed by atoms with van der Waals surface area (Å²) >= 11 is 0. The fourth-order valence-electron chi connectivity index (χ4n) is 2.68. The topological polar surface area (TPSA) is 64.8 Å². The van der Waals surface area contributed by atoms with Crippen molar-refractivity contribution < 1.29 is 14.4 Å². The third-order valence-corrected chi connectivity index (χ3v) is 3.90. The van der Waals surface area contributed by atoms with Crippen molar-refractivity contribution in [2.45, 2.75) is 32.2 Å². The van der Waals surface area contributed by atoms with Crippen LogP contribution in [0.25, 0.3) is 0 Å². The highest BCUT2D eigenvalue weighted by molar-refractivity contribution is 5.50. The lowest BCUT2D eigenvalue weighted by atomic mass is 10.2. The minimum Gasteiger partial charge on any atom is -0.493 e. The molecule has 21 heavy (non-hydrogen) atoms. The van der Waals surface area contributed by atoms with Gasteiger partial charge in [-0.05, 0) is 38.8 Å². The Labute approximate surface area is 124 Å². The number of hydrogen-bond acceptors (Lipinski definition) is 5. The van der Waals surface area contributed by atoms with Crippen LogP contribution in [0.2, 0.25) is 0 Å². The van der Waals surface area contributed by atoms with Crippen LogP contribution in [0.4, 0.5) is 5.69 Å². The SMILES string of the molecule is COc1cc(OCCCN2CCC[C@@H]2C)ccc1[N+](=O)[O-]. The Hall–Kier alpha value is -1.82. The minimum absolute atomic E-state index is 0.0456. The summed E-state index contributed by atoms with van der Waals surface area (Å²) in [4.78, 5) is 12.8. The monoisotopic (exact) mass is 294 g/mol. The highest BCUT2D eigenvalue weighted by Crippen LogP contribution is 2.30. The van der Waals surface area contributed by atoms with E-state index in [0.717, 1.165) is 13.0 Å². The highest BCUT2D eigenvalue weighted by atomic mass is 16.6. The van der Waals surface area contributed by atoms with Crippen molar-refractivity contribution in [3.8, 4) is 11.5 Å². The average molecular weight is 294 g/mol. The molecule has 1 aromatic rings. The van der Waals surface area contributed by atoms with E-state index in [9.17, 15) is 10.1 Å². The summed E-state index contributed by atoms with van der Waals surface area (Å²) in [5, 5.41) is 10.8. The van der Waals surface area contributed by atoms with Gasteiger partial charge in [-0.3, -0.25) is 10.1 Å². The number of nitro groups is 1. The summed E-state index contributed by atoms with van der Waals surface area (Å²) in [7, 11) is 1.42. The molecule has 1 aliphatic heterocycles.